The number of piperazine rings is 1. The van der Waals surface area contributed by atoms with Gasteiger partial charge in [0.2, 0.25) is 17.5 Å². The van der Waals surface area contributed by atoms with Crippen LogP contribution < -0.4 is 10.2 Å². The van der Waals surface area contributed by atoms with Crippen LogP contribution in [-0.2, 0) is 4.79 Å². The van der Waals surface area contributed by atoms with Crippen LogP contribution >= 0.6 is 0 Å². The van der Waals surface area contributed by atoms with E-state index in [1.54, 1.807) is 16.8 Å². The molecule has 20 heavy (non-hydrogen) atoms. The number of hydrogen-bond acceptors (Lipinski definition) is 7. The maximum absolute atomic E-state index is 11.3. The zero-order valence-electron chi connectivity index (χ0n) is 11.4. The molecule has 1 aromatic rings. The Kier molecular flexibility index (Phi) is 3.97. The van der Waals surface area contributed by atoms with Crippen molar-refractivity contribution in [2.75, 3.05) is 43.4 Å². The summed E-state index contributed by atoms with van der Waals surface area (Å²) in [5.41, 5.74) is -0.133. The molecule has 0 atom stereocenters. The molecule has 1 aliphatic heterocycles. The highest BCUT2D eigenvalue weighted by Crippen LogP contribution is 2.31. The highest BCUT2D eigenvalue weighted by atomic mass is 16.6. The Morgan fingerprint density at radius 1 is 1.35 bits per heavy atom. The molecule has 1 aliphatic rings. The van der Waals surface area contributed by atoms with Gasteiger partial charge in [0.1, 0.15) is 6.33 Å². The van der Waals surface area contributed by atoms with Crippen LogP contribution in [0.5, 0.6) is 0 Å². The zero-order valence-corrected chi connectivity index (χ0v) is 11.4. The Balaban J connectivity index is 2.26. The van der Waals surface area contributed by atoms with Crippen molar-refractivity contribution in [2.45, 2.75) is 6.92 Å². The molecule has 2 heterocycles. The quantitative estimate of drug-likeness (QED) is 0.618. The number of nitrogens with one attached hydrogen (secondary N) is 1. The van der Waals surface area contributed by atoms with Crippen LogP contribution in [0.1, 0.15) is 6.92 Å². The largest absolute Gasteiger partial charge is 0.367 e. The first-order valence-electron chi connectivity index (χ1n) is 6.22. The van der Waals surface area contributed by atoms with Crippen LogP contribution in [0.3, 0.4) is 0 Å². The molecule has 0 bridgehead atoms. The van der Waals surface area contributed by atoms with E-state index < -0.39 is 4.92 Å². The maximum atomic E-state index is 11.3. The number of hydrogen-bond donors (Lipinski definition) is 1. The normalized spacial score (nSPS) is 15.1. The Bertz CT molecular complexity index is 527. The summed E-state index contributed by atoms with van der Waals surface area (Å²) in [5, 5.41) is 13.9. The van der Waals surface area contributed by atoms with Gasteiger partial charge in [-0.3, -0.25) is 14.9 Å². The molecule has 0 aromatic carbocycles. The summed E-state index contributed by atoms with van der Waals surface area (Å²) in [6.07, 6.45) is 1.30. The van der Waals surface area contributed by atoms with Gasteiger partial charge < -0.3 is 15.1 Å². The summed E-state index contributed by atoms with van der Waals surface area (Å²) < 4.78 is 0. The Labute approximate surface area is 115 Å². The first-order chi connectivity index (χ1) is 9.54. The Morgan fingerprint density at radius 2 is 2.00 bits per heavy atom. The molecule has 9 heteroatoms. The summed E-state index contributed by atoms with van der Waals surface area (Å²) >= 11 is 0. The molecule has 0 unspecified atom stereocenters. The minimum Gasteiger partial charge on any atom is -0.367 e. The molecule has 9 nitrogen and oxygen atoms in total. The highest BCUT2D eigenvalue weighted by Gasteiger charge is 2.29. The molecule has 0 saturated carbocycles. The Hall–Kier alpha value is -2.45. The molecule has 1 aromatic heterocycles. The average Bonchev–Trinajstić information content (AvgIpc) is 2.46. The molecule has 2 rings (SSSR count). The lowest BCUT2D eigenvalue weighted by Crippen LogP contribution is -2.48. The first-order valence-corrected chi connectivity index (χ1v) is 6.22. The van der Waals surface area contributed by atoms with Crippen molar-refractivity contribution in [3.05, 3.63) is 16.4 Å². The molecule has 108 valence electrons. The second-order valence-electron chi connectivity index (χ2n) is 4.39. The molecule has 1 N–H and O–H groups in total. The van der Waals surface area contributed by atoms with Gasteiger partial charge in [0.25, 0.3) is 0 Å². The minimum atomic E-state index is -0.488. The number of amides is 1. The fourth-order valence-electron chi connectivity index (χ4n) is 2.19. The van der Waals surface area contributed by atoms with E-state index in [0.717, 1.165) is 0 Å². The monoisotopic (exact) mass is 280 g/mol. The molecular formula is C11H16N6O3. The van der Waals surface area contributed by atoms with Crippen LogP contribution in [0.25, 0.3) is 0 Å². The molecule has 0 radical (unpaired) electrons. The van der Waals surface area contributed by atoms with E-state index in [-0.39, 0.29) is 23.2 Å². The van der Waals surface area contributed by atoms with E-state index in [4.69, 9.17) is 0 Å². The van der Waals surface area contributed by atoms with Gasteiger partial charge >= 0.3 is 5.69 Å². The topological polar surface area (TPSA) is 104 Å². The van der Waals surface area contributed by atoms with Gasteiger partial charge in [-0.25, -0.2) is 9.97 Å². The number of aromatic nitrogens is 2. The van der Waals surface area contributed by atoms with E-state index in [1.165, 1.54) is 13.3 Å². The fraction of sp³-hybridized carbons (Fsp3) is 0.545. The van der Waals surface area contributed by atoms with E-state index in [0.29, 0.717) is 26.2 Å². The van der Waals surface area contributed by atoms with Crippen molar-refractivity contribution in [3.63, 3.8) is 0 Å². The van der Waals surface area contributed by atoms with Crippen molar-refractivity contribution >= 4 is 23.2 Å². The van der Waals surface area contributed by atoms with Gasteiger partial charge in [0.15, 0.2) is 0 Å². The van der Waals surface area contributed by atoms with Gasteiger partial charge in [-0.15, -0.1) is 0 Å². The second kappa shape index (κ2) is 5.68. The summed E-state index contributed by atoms with van der Waals surface area (Å²) in [6, 6.07) is 0. The summed E-state index contributed by atoms with van der Waals surface area (Å²) in [7, 11) is 1.58. The van der Waals surface area contributed by atoms with Crippen molar-refractivity contribution in [3.8, 4) is 0 Å². The smallest absolute Gasteiger partial charge is 0.353 e. The standard InChI is InChI=1S/C11H16N6O3/c1-8(18)15-3-5-16(6-4-15)11-9(17(19)20)10(12-2)13-7-14-11/h7H,3-6H2,1-2H3,(H,12,13,14). The lowest BCUT2D eigenvalue weighted by molar-refractivity contribution is -0.383. The summed E-state index contributed by atoms with van der Waals surface area (Å²) in [6.45, 7) is 3.61. The fourth-order valence-corrected chi connectivity index (χ4v) is 2.19. The van der Waals surface area contributed by atoms with Crippen molar-refractivity contribution in [1.29, 1.82) is 0 Å². The summed E-state index contributed by atoms with van der Waals surface area (Å²) in [5.74, 6) is 0.490. The highest BCUT2D eigenvalue weighted by molar-refractivity contribution is 5.74. The Morgan fingerprint density at radius 3 is 2.50 bits per heavy atom. The molecule has 1 amide bonds. The van der Waals surface area contributed by atoms with Crippen molar-refractivity contribution in [2.24, 2.45) is 0 Å². The number of nitro groups is 1. The van der Waals surface area contributed by atoms with Gasteiger partial charge in [-0.05, 0) is 0 Å². The van der Waals surface area contributed by atoms with Gasteiger partial charge in [-0.2, -0.15) is 0 Å². The van der Waals surface area contributed by atoms with Crippen LogP contribution in [-0.4, -0.2) is 58.9 Å². The van der Waals surface area contributed by atoms with Crippen LogP contribution in [0.2, 0.25) is 0 Å². The van der Waals surface area contributed by atoms with Gasteiger partial charge in [0, 0.05) is 40.2 Å². The zero-order chi connectivity index (χ0) is 14.7. The lowest BCUT2D eigenvalue weighted by atomic mass is 10.3. The van der Waals surface area contributed by atoms with E-state index in [1.807, 2.05) is 0 Å². The molecule has 0 spiro atoms. The minimum absolute atomic E-state index is 0.0118. The number of nitrogens with zero attached hydrogens (tertiary/aromatic N) is 5. The van der Waals surface area contributed by atoms with Gasteiger partial charge in [0.05, 0.1) is 4.92 Å². The first kappa shape index (κ1) is 14.0. The number of carbonyl (C=O) groups excluding carboxylic acids is 1. The predicted molar refractivity (Wildman–Crippen MR) is 72.7 cm³/mol. The lowest BCUT2D eigenvalue weighted by Gasteiger charge is -2.34. The summed E-state index contributed by atoms with van der Waals surface area (Å²) in [4.78, 5) is 33.4. The third-order valence-corrected chi connectivity index (χ3v) is 3.25. The predicted octanol–water partition coefficient (Wildman–Crippen LogP) is 0.0950. The second-order valence-corrected chi connectivity index (χ2v) is 4.39. The third kappa shape index (κ3) is 2.60. The van der Waals surface area contributed by atoms with E-state index in [9.17, 15) is 14.9 Å². The molecule has 0 aliphatic carbocycles. The average molecular weight is 280 g/mol. The maximum Gasteiger partial charge on any atom is 0.353 e. The van der Waals surface area contributed by atoms with E-state index >= 15 is 0 Å². The third-order valence-electron chi connectivity index (χ3n) is 3.25. The molecule has 1 fully saturated rings. The van der Waals surface area contributed by atoms with Crippen LogP contribution in [0, 0.1) is 10.1 Å². The van der Waals surface area contributed by atoms with Crippen LogP contribution in [0.15, 0.2) is 6.33 Å². The van der Waals surface area contributed by atoms with Crippen molar-refractivity contribution < 1.29 is 9.72 Å². The van der Waals surface area contributed by atoms with E-state index in [2.05, 4.69) is 15.3 Å². The number of rotatable bonds is 3. The SMILES string of the molecule is CNc1ncnc(N2CCN(C(C)=O)CC2)c1[N+](=O)[O-]. The number of anilines is 2. The van der Waals surface area contributed by atoms with Crippen molar-refractivity contribution in [1.82, 2.24) is 14.9 Å². The van der Waals surface area contributed by atoms with Gasteiger partial charge in [-0.1, -0.05) is 0 Å². The molecular weight excluding hydrogens is 264 g/mol. The van der Waals surface area contributed by atoms with Crippen LogP contribution in [0.4, 0.5) is 17.3 Å². The molecule has 1 saturated heterocycles. The number of carbonyl (C=O) groups is 1.